The van der Waals surface area contributed by atoms with Crippen molar-refractivity contribution in [2.45, 2.75) is 37.8 Å². The van der Waals surface area contributed by atoms with Crippen LogP contribution in [0.15, 0.2) is 23.1 Å². The Labute approximate surface area is 137 Å². The number of carbonyl (C=O) groups is 2. The largest absolute Gasteiger partial charge is 0.355 e. The first kappa shape index (κ1) is 17.4. The van der Waals surface area contributed by atoms with E-state index in [0.29, 0.717) is 22.5 Å². The lowest BCUT2D eigenvalue weighted by molar-refractivity contribution is 0.0988. The monoisotopic (exact) mass is 337 g/mol. The number of hydrogen-bond acceptors (Lipinski definition) is 3. The first-order chi connectivity index (χ1) is 10.7. The molecule has 3 nitrogen and oxygen atoms in total. The predicted octanol–water partition coefficient (Wildman–Crippen LogP) is 4.48. The lowest BCUT2D eigenvalue weighted by Crippen LogP contribution is -2.15. The molecule has 0 amide bonds. The number of nitrogens with one attached hydrogen (secondary N) is 1. The van der Waals surface area contributed by atoms with Gasteiger partial charge >= 0.3 is 0 Å². The molecular formula is C17H17F2NO2S. The van der Waals surface area contributed by atoms with Crippen LogP contribution in [0, 0.1) is 25.5 Å². The van der Waals surface area contributed by atoms with Gasteiger partial charge in [-0.2, -0.15) is 0 Å². The first-order valence-electron chi connectivity index (χ1n) is 7.08. The highest BCUT2D eigenvalue weighted by molar-refractivity contribution is 8.00. The molecule has 2 aromatic rings. The summed E-state index contributed by atoms with van der Waals surface area (Å²) in [7, 11) is 0. The maximum Gasteiger partial charge on any atom is 0.192 e. The van der Waals surface area contributed by atoms with Crippen LogP contribution in [0.3, 0.4) is 0 Å². The minimum Gasteiger partial charge on any atom is -0.355 e. The number of carbonyl (C=O) groups excluding carboxylic acids is 2. The summed E-state index contributed by atoms with van der Waals surface area (Å²) in [6.07, 6.45) is 0. The molecular weight excluding hydrogens is 320 g/mol. The van der Waals surface area contributed by atoms with Gasteiger partial charge in [0.05, 0.1) is 10.9 Å². The Bertz CT molecular complexity index is 783. The third-order valence-corrected chi connectivity index (χ3v) is 4.76. The number of rotatable bonds is 5. The van der Waals surface area contributed by atoms with Gasteiger partial charge in [-0.15, -0.1) is 11.8 Å². The van der Waals surface area contributed by atoms with E-state index in [2.05, 4.69) is 4.98 Å². The number of H-pyrrole nitrogens is 1. The van der Waals surface area contributed by atoms with Gasteiger partial charge in [-0.1, -0.05) is 0 Å². The normalized spacial score (nSPS) is 12.3. The van der Waals surface area contributed by atoms with Crippen LogP contribution in [0.4, 0.5) is 8.78 Å². The van der Waals surface area contributed by atoms with Gasteiger partial charge in [0, 0.05) is 22.2 Å². The Morgan fingerprint density at radius 2 is 1.87 bits per heavy atom. The van der Waals surface area contributed by atoms with E-state index in [4.69, 9.17) is 0 Å². The van der Waals surface area contributed by atoms with Crippen LogP contribution in [-0.2, 0) is 0 Å². The van der Waals surface area contributed by atoms with Gasteiger partial charge in [-0.3, -0.25) is 9.59 Å². The quantitative estimate of drug-likeness (QED) is 0.647. The zero-order valence-electron chi connectivity index (χ0n) is 13.3. The van der Waals surface area contributed by atoms with E-state index >= 15 is 0 Å². The Hall–Kier alpha value is -1.95. The summed E-state index contributed by atoms with van der Waals surface area (Å²) in [5.74, 6) is -1.70. The molecule has 1 aromatic carbocycles. The summed E-state index contributed by atoms with van der Waals surface area (Å²) < 4.78 is 26.6. The fraction of sp³-hybridized carbons (Fsp3) is 0.294. The van der Waals surface area contributed by atoms with E-state index in [-0.39, 0.29) is 16.5 Å². The Morgan fingerprint density at radius 1 is 1.22 bits per heavy atom. The van der Waals surface area contributed by atoms with E-state index in [9.17, 15) is 18.4 Å². The number of aryl methyl sites for hydroxylation is 1. The average Bonchev–Trinajstić information content (AvgIpc) is 2.76. The second kappa shape index (κ2) is 6.66. The number of aromatic amines is 1. The van der Waals surface area contributed by atoms with Crippen LogP contribution in [0.5, 0.6) is 0 Å². The average molecular weight is 337 g/mol. The lowest BCUT2D eigenvalue weighted by atomic mass is 10.0. The number of ketones is 2. The smallest absolute Gasteiger partial charge is 0.192 e. The van der Waals surface area contributed by atoms with Crippen LogP contribution >= 0.6 is 11.8 Å². The minimum absolute atomic E-state index is 0.111. The van der Waals surface area contributed by atoms with Crippen molar-refractivity contribution < 1.29 is 18.4 Å². The van der Waals surface area contributed by atoms with E-state index in [1.54, 1.807) is 20.8 Å². The van der Waals surface area contributed by atoms with Crippen molar-refractivity contribution >= 4 is 23.3 Å². The summed E-state index contributed by atoms with van der Waals surface area (Å²) >= 11 is 1.02. The highest BCUT2D eigenvalue weighted by atomic mass is 32.2. The van der Waals surface area contributed by atoms with Gasteiger partial charge in [0.1, 0.15) is 11.6 Å². The van der Waals surface area contributed by atoms with Crippen LogP contribution in [-0.4, -0.2) is 21.8 Å². The second-order valence-electron chi connectivity index (χ2n) is 5.38. The molecule has 1 heterocycles. The number of aromatic nitrogens is 1. The Morgan fingerprint density at radius 3 is 2.39 bits per heavy atom. The van der Waals surface area contributed by atoms with Gasteiger partial charge in [-0.05, 0) is 45.4 Å². The molecule has 1 N–H and O–H groups in total. The van der Waals surface area contributed by atoms with Crippen molar-refractivity contribution in [3.8, 4) is 0 Å². The van der Waals surface area contributed by atoms with Crippen molar-refractivity contribution in [3.05, 3.63) is 52.3 Å². The van der Waals surface area contributed by atoms with Gasteiger partial charge in [-0.25, -0.2) is 8.78 Å². The molecule has 0 radical (unpaired) electrons. The van der Waals surface area contributed by atoms with Crippen molar-refractivity contribution in [1.82, 2.24) is 4.98 Å². The Balaban J connectivity index is 2.27. The van der Waals surface area contributed by atoms with Crippen LogP contribution in [0.1, 0.15) is 46.0 Å². The van der Waals surface area contributed by atoms with Gasteiger partial charge in [0.2, 0.25) is 0 Å². The third-order valence-electron chi connectivity index (χ3n) is 3.60. The van der Waals surface area contributed by atoms with Gasteiger partial charge in [0.25, 0.3) is 0 Å². The summed E-state index contributed by atoms with van der Waals surface area (Å²) in [6.45, 7) is 6.55. The van der Waals surface area contributed by atoms with Crippen molar-refractivity contribution in [2.75, 3.05) is 0 Å². The van der Waals surface area contributed by atoms with Crippen molar-refractivity contribution in [2.24, 2.45) is 0 Å². The van der Waals surface area contributed by atoms with E-state index in [1.165, 1.54) is 13.0 Å². The van der Waals surface area contributed by atoms with E-state index in [0.717, 1.165) is 23.9 Å². The molecule has 2 rings (SSSR count). The fourth-order valence-electron chi connectivity index (χ4n) is 2.54. The molecule has 0 spiro atoms. The molecule has 122 valence electrons. The van der Waals surface area contributed by atoms with E-state index < -0.39 is 16.9 Å². The number of halogens is 2. The molecule has 0 aliphatic rings. The first-order valence-corrected chi connectivity index (χ1v) is 7.96. The standard InChI is InChI=1S/C17H17F2NO2S/c1-8-15(10(3)21)9(2)20-16(8)17(22)11(4)23-14-6-5-12(18)7-13(14)19/h5-7,11,20H,1-4H3. The maximum atomic E-state index is 13.7. The highest BCUT2D eigenvalue weighted by Gasteiger charge is 2.24. The van der Waals surface area contributed by atoms with Gasteiger partial charge < -0.3 is 4.98 Å². The highest BCUT2D eigenvalue weighted by Crippen LogP contribution is 2.30. The summed E-state index contributed by atoms with van der Waals surface area (Å²) in [5, 5.41) is -0.577. The van der Waals surface area contributed by atoms with Crippen molar-refractivity contribution in [3.63, 3.8) is 0 Å². The zero-order valence-corrected chi connectivity index (χ0v) is 14.1. The Kier molecular flexibility index (Phi) is 5.04. The molecule has 1 unspecified atom stereocenters. The van der Waals surface area contributed by atoms with Crippen LogP contribution < -0.4 is 0 Å². The minimum atomic E-state index is -0.696. The number of thioether (sulfide) groups is 1. The molecule has 0 fully saturated rings. The maximum absolute atomic E-state index is 13.7. The molecule has 0 bridgehead atoms. The molecule has 0 aliphatic carbocycles. The molecule has 1 aromatic heterocycles. The van der Waals surface area contributed by atoms with Crippen molar-refractivity contribution in [1.29, 1.82) is 0 Å². The molecule has 1 atom stereocenters. The number of Topliss-reactive ketones (excluding diaryl/α,β-unsaturated/α-hetero) is 2. The van der Waals surface area contributed by atoms with Crippen LogP contribution in [0.25, 0.3) is 0 Å². The summed E-state index contributed by atoms with van der Waals surface area (Å²) in [5.41, 5.74) is 2.12. The zero-order chi connectivity index (χ0) is 17.3. The molecule has 0 saturated carbocycles. The number of hydrogen-bond donors (Lipinski definition) is 1. The lowest BCUT2D eigenvalue weighted by Gasteiger charge is -2.11. The second-order valence-corrected chi connectivity index (χ2v) is 6.76. The summed E-state index contributed by atoms with van der Waals surface area (Å²) in [4.78, 5) is 27.4. The molecule has 6 heteroatoms. The summed E-state index contributed by atoms with van der Waals surface area (Å²) in [6, 6.07) is 3.25. The molecule has 23 heavy (non-hydrogen) atoms. The SMILES string of the molecule is CC(=O)c1c(C)[nH]c(C(=O)C(C)Sc2ccc(F)cc2F)c1C. The topological polar surface area (TPSA) is 49.9 Å². The molecule has 0 aliphatic heterocycles. The van der Waals surface area contributed by atoms with Crippen LogP contribution in [0.2, 0.25) is 0 Å². The van der Waals surface area contributed by atoms with Gasteiger partial charge in [0.15, 0.2) is 11.6 Å². The number of benzene rings is 1. The predicted molar refractivity (Wildman–Crippen MR) is 86.3 cm³/mol. The van der Waals surface area contributed by atoms with E-state index in [1.807, 2.05) is 0 Å². The third kappa shape index (κ3) is 3.52. The fourth-order valence-corrected chi connectivity index (χ4v) is 3.47. The molecule has 0 saturated heterocycles.